The fraction of sp³-hybridized carbons (Fsp3) is 0.522. The third kappa shape index (κ3) is 4.96. The molecule has 0 spiro atoms. The van der Waals surface area contributed by atoms with Crippen molar-refractivity contribution < 1.29 is 4.79 Å². The van der Waals surface area contributed by atoms with E-state index in [2.05, 4.69) is 27.3 Å². The van der Waals surface area contributed by atoms with Crippen LogP contribution in [0.1, 0.15) is 59.0 Å². The molecule has 28 heavy (non-hydrogen) atoms. The van der Waals surface area contributed by atoms with E-state index in [0.29, 0.717) is 18.0 Å². The van der Waals surface area contributed by atoms with Crippen LogP contribution in [0.5, 0.6) is 0 Å². The fourth-order valence-corrected chi connectivity index (χ4v) is 4.09. The number of amides is 1. The van der Waals surface area contributed by atoms with Crippen LogP contribution in [0, 0.1) is 12.8 Å². The highest BCUT2D eigenvalue weighted by Gasteiger charge is 2.29. The molecule has 1 aromatic heterocycles. The maximum Gasteiger partial charge on any atom is 0.254 e. The van der Waals surface area contributed by atoms with Gasteiger partial charge in [-0.1, -0.05) is 30.3 Å². The second-order valence-corrected chi connectivity index (χ2v) is 8.23. The van der Waals surface area contributed by atoms with Gasteiger partial charge in [-0.25, -0.2) is 9.97 Å². The van der Waals surface area contributed by atoms with Gasteiger partial charge in [0.15, 0.2) is 0 Å². The van der Waals surface area contributed by atoms with Gasteiger partial charge in [-0.3, -0.25) is 4.79 Å². The van der Waals surface area contributed by atoms with E-state index < -0.39 is 0 Å². The van der Waals surface area contributed by atoms with Gasteiger partial charge < -0.3 is 10.2 Å². The minimum absolute atomic E-state index is 0.0497. The Bertz CT molecular complexity index is 796. The first-order valence-electron chi connectivity index (χ1n) is 10.6. The van der Waals surface area contributed by atoms with Crippen molar-refractivity contribution in [1.29, 1.82) is 0 Å². The molecule has 2 heterocycles. The summed E-state index contributed by atoms with van der Waals surface area (Å²) in [5, 5.41) is 3.06. The van der Waals surface area contributed by atoms with Crippen molar-refractivity contribution in [3.63, 3.8) is 0 Å². The molecule has 1 amide bonds. The predicted octanol–water partition coefficient (Wildman–Crippen LogP) is 3.35. The van der Waals surface area contributed by atoms with Crippen LogP contribution in [0.3, 0.4) is 0 Å². The van der Waals surface area contributed by atoms with Crippen LogP contribution < -0.4 is 5.32 Å². The van der Waals surface area contributed by atoms with Gasteiger partial charge in [-0.05, 0) is 63.6 Å². The van der Waals surface area contributed by atoms with E-state index in [9.17, 15) is 4.79 Å². The lowest BCUT2D eigenvalue weighted by molar-refractivity contribution is 0.0950. The molecule has 1 saturated carbocycles. The summed E-state index contributed by atoms with van der Waals surface area (Å²) in [6.07, 6.45) is 7.50. The SMILES string of the molecule is Cc1ncc(C(=O)NCCc2ccccc2)c(C2CCN(CC3CC3)CC2)n1. The normalized spacial score (nSPS) is 18.2. The Morgan fingerprint density at radius 1 is 1.14 bits per heavy atom. The van der Waals surface area contributed by atoms with Gasteiger partial charge in [0.2, 0.25) is 0 Å². The first-order chi connectivity index (χ1) is 13.7. The number of carbonyl (C=O) groups is 1. The molecule has 0 atom stereocenters. The number of carbonyl (C=O) groups excluding carboxylic acids is 1. The number of aryl methyl sites for hydroxylation is 1. The lowest BCUT2D eigenvalue weighted by Gasteiger charge is -2.32. The summed E-state index contributed by atoms with van der Waals surface area (Å²) in [6.45, 7) is 6.00. The molecule has 1 aliphatic heterocycles. The lowest BCUT2D eigenvalue weighted by atomic mass is 9.90. The maximum atomic E-state index is 12.8. The number of aromatic nitrogens is 2. The molecule has 1 aromatic carbocycles. The molecule has 0 bridgehead atoms. The zero-order chi connectivity index (χ0) is 19.3. The molecular formula is C23H30N4O. The van der Waals surface area contributed by atoms with Crippen molar-refractivity contribution in [2.24, 2.45) is 5.92 Å². The number of benzene rings is 1. The first kappa shape index (κ1) is 19.1. The van der Waals surface area contributed by atoms with Crippen LogP contribution >= 0.6 is 0 Å². The zero-order valence-corrected chi connectivity index (χ0v) is 16.7. The topological polar surface area (TPSA) is 58.1 Å². The van der Waals surface area contributed by atoms with Gasteiger partial charge in [0, 0.05) is 25.2 Å². The van der Waals surface area contributed by atoms with Crippen LogP contribution in [0.15, 0.2) is 36.5 Å². The summed E-state index contributed by atoms with van der Waals surface area (Å²) in [6, 6.07) is 10.2. The second kappa shape index (κ2) is 8.82. The molecule has 2 aromatic rings. The number of nitrogens with zero attached hydrogens (tertiary/aromatic N) is 3. The molecule has 2 aliphatic rings. The minimum atomic E-state index is -0.0497. The molecule has 1 saturated heterocycles. The van der Waals surface area contributed by atoms with Gasteiger partial charge in [-0.2, -0.15) is 0 Å². The van der Waals surface area contributed by atoms with Crippen LogP contribution in [-0.4, -0.2) is 47.0 Å². The average Bonchev–Trinajstić information content (AvgIpc) is 3.53. The number of hydrogen-bond donors (Lipinski definition) is 1. The fourth-order valence-electron chi connectivity index (χ4n) is 4.09. The molecule has 148 valence electrons. The largest absolute Gasteiger partial charge is 0.352 e. The Labute approximate surface area is 167 Å². The number of likely N-dealkylation sites (tertiary alicyclic amines) is 1. The summed E-state index contributed by atoms with van der Waals surface area (Å²) in [4.78, 5) is 24.4. The maximum absolute atomic E-state index is 12.8. The summed E-state index contributed by atoms with van der Waals surface area (Å²) < 4.78 is 0. The highest BCUT2D eigenvalue weighted by atomic mass is 16.1. The molecular weight excluding hydrogens is 348 g/mol. The van der Waals surface area contributed by atoms with Gasteiger partial charge in [0.25, 0.3) is 5.91 Å². The van der Waals surface area contributed by atoms with Crippen molar-refractivity contribution in [2.45, 2.75) is 44.9 Å². The highest BCUT2D eigenvalue weighted by Crippen LogP contribution is 2.33. The smallest absolute Gasteiger partial charge is 0.254 e. The predicted molar refractivity (Wildman–Crippen MR) is 110 cm³/mol. The third-order valence-electron chi connectivity index (χ3n) is 5.91. The Balaban J connectivity index is 1.37. The van der Waals surface area contributed by atoms with E-state index in [1.807, 2.05) is 25.1 Å². The van der Waals surface area contributed by atoms with Crippen LogP contribution in [0.2, 0.25) is 0 Å². The van der Waals surface area contributed by atoms with Crippen molar-refractivity contribution in [1.82, 2.24) is 20.2 Å². The van der Waals surface area contributed by atoms with Gasteiger partial charge >= 0.3 is 0 Å². The summed E-state index contributed by atoms with van der Waals surface area (Å²) in [5.74, 6) is 1.98. The summed E-state index contributed by atoms with van der Waals surface area (Å²) in [7, 11) is 0. The molecule has 0 unspecified atom stereocenters. The van der Waals surface area contributed by atoms with E-state index in [1.165, 1.54) is 24.9 Å². The molecule has 1 N–H and O–H groups in total. The average molecular weight is 379 g/mol. The Kier molecular flexibility index (Phi) is 6.01. The highest BCUT2D eigenvalue weighted by molar-refractivity contribution is 5.95. The van der Waals surface area contributed by atoms with Crippen LogP contribution in [0.4, 0.5) is 0 Å². The van der Waals surface area contributed by atoms with E-state index >= 15 is 0 Å². The Morgan fingerprint density at radius 2 is 1.89 bits per heavy atom. The van der Waals surface area contributed by atoms with Crippen molar-refractivity contribution in [3.8, 4) is 0 Å². The quantitative estimate of drug-likeness (QED) is 0.803. The monoisotopic (exact) mass is 378 g/mol. The lowest BCUT2D eigenvalue weighted by Crippen LogP contribution is -2.35. The number of nitrogens with one attached hydrogen (secondary N) is 1. The molecule has 0 radical (unpaired) electrons. The number of piperidine rings is 1. The van der Waals surface area contributed by atoms with Gasteiger partial charge in [0.05, 0.1) is 11.3 Å². The zero-order valence-electron chi connectivity index (χ0n) is 16.7. The third-order valence-corrected chi connectivity index (χ3v) is 5.91. The van der Waals surface area contributed by atoms with E-state index in [1.54, 1.807) is 6.20 Å². The minimum Gasteiger partial charge on any atom is -0.352 e. The van der Waals surface area contributed by atoms with E-state index in [-0.39, 0.29) is 5.91 Å². The van der Waals surface area contributed by atoms with E-state index in [4.69, 9.17) is 4.98 Å². The molecule has 1 aliphatic carbocycles. The van der Waals surface area contributed by atoms with Crippen LogP contribution in [-0.2, 0) is 6.42 Å². The van der Waals surface area contributed by atoms with Crippen molar-refractivity contribution >= 4 is 5.91 Å². The van der Waals surface area contributed by atoms with Crippen LogP contribution in [0.25, 0.3) is 0 Å². The first-order valence-corrected chi connectivity index (χ1v) is 10.6. The Hall–Kier alpha value is -2.27. The van der Waals surface area contributed by atoms with Gasteiger partial charge in [0.1, 0.15) is 5.82 Å². The second-order valence-electron chi connectivity index (χ2n) is 8.23. The summed E-state index contributed by atoms with van der Waals surface area (Å²) in [5.41, 5.74) is 2.82. The molecule has 5 nitrogen and oxygen atoms in total. The summed E-state index contributed by atoms with van der Waals surface area (Å²) >= 11 is 0. The molecule has 5 heteroatoms. The molecule has 4 rings (SSSR count). The molecule has 2 fully saturated rings. The number of hydrogen-bond acceptors (Lipinski definition) is 4. The Morgan fingerprint density at radius 3 is 2.61 bits per heavy atom. The van der Waals surface area contributed by atoms with Crippen molar-refractivity contribution in [3.05, 3.63) is 59.2 Å². The van der Waals surface area contributed by atoms with Crippen molar-refractivity contribution in [2.75, 3.05) is 26.2 Å². The van der Waals surface area contributed by atoms with Gasteiger partial charge in [-0.15, -0.1) is 0 Å². The standard InChI is InChI=1S/C23H30N4O/c1-17-25-15-21(23(28)24-12-9-18-5-3-2-4-6-18)22(26-17)20-10-13-27(14-11-20)16-19-7-8-19/h2-6,15,19-20H,7-14,16H2,1H3,(H,24,28). The number of rotatable bonds is 7. The van der Waals surface area contributed by atoms with E-state index in [0.717, 1.165) is 49.8 Å².